The normalized spacial score (nSPS) is 15.7. The highest BCUT2D eigenvalue weighted by Gasteiger charge is 2.30. The summed E-state index contributed by atoms with van der Waals surface area (Å²) in [4.78, 5) is 20.6. The molecular formula is C21H14FN3O2. The van der Waals surface area contributed by atoms with Crippen LogP contribution < -0.4 is 5.32 Å². The summed E-state index contributed by atoms with van der Waals surface area (Å²) in [5, 5.41) is 13.3. The van der Waals surface area contributed by atoms with Gasteiger partial charge in [0.1, 0.15) is 5.65 Å². The van der Waals surface area contributed by atoms with Crippen molar-refractivity contribution in [2.24, 2.45) is 0 Å². The molecule has 0 bridgehead atoms. The average Bonchev–Trinajstić information content (AvgIpc) is 3.08. The van der Waals surface area contributed by atoms with Gasteiger partial charge >= 0.3 is 0 Å². The highest BCUT2D eigenvalue weighted by molar-refractivity contribution is 6.09. The van der Waals surface area contributed by atoms with Gasteiger partial charge in [-0.05, 0) is 41.0 Å². The Kier molecular flexibility index (Phi) is 3.27. The predicted molar refractivity (Wildman–Crippen MR) is 100 cm³/mol. The van der Waals surface area contributed by atoms with E-state index in [2.05, 4.69) is 15.3 Å². The summed E-state index contributed by atoms with van der Waals surface area (Å²) in [5.41, 5.74) is 4.36. The first-order valence-electron chi connectivity index (χ1n) is 8.48. The van der Waals surface area contributed by atoms with Crippen LogP contribution >= 0.6 is 0 Å². The second kappa shape index (κ2) is 5.67. The molecule has 132 valence electrons. The standard InChI is InChI=1S/C21H14FN3O2/c22-15-9-11(5-6-17(15)26)18-14-10-24-20-19(14)13(7-8-23-20)12-3-1-2-4-16(12)25-21(18)27/h1-10,18,26H,(H,23,24)(H,25,27). The van der Waals surface area contributed by atoms with E-state index >= 15 is 0 Å². The maximum atomic E-state index is 14.0. The van der Waals surface area contributed by atoms with Crippen molar-refractivity contribution in [3.8, 4) is 16.9 Å². The van der Waals surface area contributed by atoms with Crippen molar-refractivity contribution in [2.75, 3.05) is 5.32 Å². The van der Waals surface area contributed by atoms with E-state index in [1.54, 1.807) is 18.5 Å². The molecule has 0 saturated heterocycles. The molecule has 27 heavy (non-hydrogen) atoms. The summed E-state index contributed by atoms with van der Waals surface area (Å²) in [7, 11) is 0. The number of aromatic nitrogens is 2. The lowest BCUT2D eigenvalue weighted by Gasteiger charge is -2.22. The Morgan fingerprint density at radius 2 is 1.93 bits per heavy atom. The second-order valence-electron chi connectivity index (χ2n) is 6.50. The topological polar surface area (TPSA) is 78.0 Å². The van der Waals surface area contributed by atoms with Gasteiger partial charge in [-0.1, -0.05) is 24.3 Å². The number of pyridine rings is 1. The minimum atomic E-state index is -0.763. The van der Waals surface area contributed by atoms with Crippen LogP contribution in [0.3, 0.4) is 0 Å². The molecule has 5 nitrogen and oxygen atoms in total. The number of hydrogen-bond acceptors (Lipinski definition) is 3. The molecule has 1 amide bonds. The number of aromatic amines is 1. The van der Waals surface area contributed by atoms with Crippen LogP contribution in [0.15, 0.2) is 60.9 Å². The fraction of sp³-hybridized carbons (Fsp3) is 0.0476. The molecule has 5 rings (SSSR count). The first-order valence-corrected chi connectivity index (χ1v) is 8.48. The van der Waals surface area contributed by atoms with Gasteiger partial charge in [0.15, 0.2) is 11.6 Å². The molecule has 0 aliphatic carbocycles. The van der Waals surface area contributed by atoms with E-state index in [0.717, 1.165) is 16.5 Å². The minimum absolute atomic E-state index is 0.275. The first kappa shape index (κ1) is 15.6. The van der Waals surface area contributed by atoms with E-state index in [4.69, 9.17) is 0 Å². The quantitative estimate of drug-likeness (QED) is 0.478. The van der Waals surface area contributed by atoms with Crippen molar-refractivity contribution in [1.29, 1.82) is 0 Å². The number of carbonyl (C=O) groups excluding carboxylic acids is 1. The Labute approximate surface area is 153 Å². The molecular weight excluding hydrogens is 345 g/mol. The molecule has 1 atom stereocenters. The third-order valence-electron chi connectivity index (χ3n) is 4.96. The monoisotopic (exact) mass is 359 g/mol. The zero-order valence-corrected chi connectivity index (χ0v) is 14.0. The Morgan fingerprint density at radius 3 is 2.78 bits per heavy atom. The summed E-state index contributed by atoms with van der Waals surface area (Å²) >= 11 is 0. The zero-order valence-electron chi connectivity index (χ0n) is 14.0. The molecule has 0 fully saturated rings. The van der Waals surface area contributed by atoms with Crippen LogP contribution in [0.5, 0.6) is 5.75 Å². The number of H-pyrrole nitrogens is 1. The van der Waals surface area contributed by atoms with Gasteiger partial charge in [0.25, 0.3) is 0 Å². The molecule has 3 N–H and O–H groups in total. The molecule has 0 radical (unpaired) electrons. The highest BCUT2D eigenvalue weighted by Crippen LogP contribution is 2.41. The summed E-state index contributed by atoms with van der Waals surface area (Å²) < 4.78 is 14.0. The Hall–Kier alpha value is -3.67. The van der Waals surface area contributed by atoms with Crippen molar-refractivity contribution >= 4 is 22.6 Å². The molecule has 1 unspecified atom stereocenters. The van der Waals surface area contributed by atoms with Crippen molar-refractivity contribution < 1.29 is 14.3 Å². The number of para-hydroxylation sites is 1. The van der Waals surface area contributed by atoms with Crippen LogP contribution in [0.4, 0.5) is 10.1 Å². The fourth-order valence-electron chi connectivity index (χ4n) is 3.74. The number of halogens is 1. The van der Waals surface area contributed by atoms with E-state index in [9.17, 15) is 14.3 Å². The number of aromatic hydroxyl groups is 1. The van der Waals surface area contributed by atoms with Gasteiger partial charge in [-0.3, -0.25) is 4.79 Å². The van der Waals surface area contributed by atoms with Gasteiger partial charge in [-0.2, -0.15) is 0 Å². The van der Waals surface area contributed by atoms with E-state index in [1.807, 2.05) is 30.3 Å². The molecule has 1 aliphatic heterocycles. The maximum Gasteiger partial charge on any atom is 0.236 e. The third kappa shape index (κ3) is 2.30. The van der Waals surface area contributed by atoms with Gasteiger partial charge in [-0.25, -0.2) is 9.37 Å². The second-order valence-corrected chi connectivity index (χ2v) is 6.50. The average molecular weight is 359 g/mol. The van der Waals surface area contributed by atoms with Crippen LogP contribution in [0.1, 0.15) is 17.0 Å². The van der Waals surface area contributed by atoms with Gasteiger partial charge < -0.3 is 15.4 Å². The number of phenolic OH excluding ortho intramolecular Hbond substituents is 1. The SMILES string of the molecule is O=C1Nc2ccccc2-c2ccnc3[nH]cc(c23)C1c1ccc(O)c(F)c1. The number of rotatable bonds is 1. The van der Waals surface area contributed by atoms with Crippen molar-refractivity contribution in [3.63, 3.8) is 0 Å². The number of benzene rings is 2. The van der Waals surface area contributed by atoms with Gasteiger partial charge in [-0.15, -0.1) is 0 Å². The van der Waals surface area contributed by atoms with Gasteiger partial charge in [0, 0.05) is 29.0 Å². The molecule has 0 saturated carbocycles. The minimum Gasteiger partial charge on any atom is -0.505 e. The zero-order chi connectivity index (χ0) is 18.5. The molecule has 1 aliphatic rings. The summed E-state index contributed by atoms with van der Waals surface area (Å²) in [5.74, 6) is -2.23. The summed E-state index contributed by atoms with van der Waals surface area (Å²) in [6, 6.07) is 13.5. The van der Waals surface area contributed by atoms with Crippen LogP contribution in [0, 0.1) is 5.82 Å². The third-order valence-corrected chi connectivity index (χ3v) is 4.96. The Morgan fingerprint density at radius 1 is 1.07 bits per heavy atom. The van der Waals surface area contributed by atoms with Crippen LogP contribution in [-0.4, -0.2) is 21.0 Å². The lowest BCUT2D eigenvalue weighted by molar-refractivity contribution is -0.116. The molecule has 0 spiro atoms. The Bertz CT molecular complexity index is 1220. The fourth-order valence-corrected chi connectivity index (χ4v) is 3.74. The Balaban J connectivity index is 1.84. The number of phenols is 1. The van der Waals surface area contributed by atoms with E-state index in [1.165, 1.54) is 12.1 Å². The largest absolute Gasteiger partial charge is 0.505 e. The van der Waals surface area contributed by atoms with E-state index in [0.29, 0.717) is 22.5 Å². The van der Waals surface area contributed by atoms with Crippen LogP contribution in [0.2, 0.25) is 0 Å². The number of anilines is 1. The molecule has 2 aromatic carbocycles. The predicted octanol–water partition coefficient (Wildman–Crippen LogP) is 4.16. The smallest absolute Gasteiger partial charge is 0.236 e. The molecule has 4 aromatic rings. The van der Waals surface area contributed by atoms with Gasteiger partial charge in [0.2, 0.25) is 5.91 Å². The number of carbonyl (C=O) groups is 1. The summed E-state index contributed by atoms with van der Waals surface area (Å²) in [6.07, 6.45) is 3.46. The maximum absolute atomic E-state index is 14.0. The molecule has 2 aromatic heterocycles. The van der Waals surface area contributed by atoms with E-state index in [-0.39, 0.29) is 5.91 Å². The number of nitrogens with one attached hydrogen (secondary N) is 2. The van der Waals surface area contributed by atoms with E-state index < -0.39 is 17.5 Å². The van der Waals surface area contributed by atoms with Crippen LogP contribution in [-0.2, 0) is 4.79 Å². The number of fused-ring (bicyclic) bond motifs is 2. The van der Waals surface area contributed by atoms with Crippen LogP contribution in [0.25, 0.3) is 22.2 Å². The molecule has 6 heteroatoms. The van der Waals surface area contributed by atoms with Crippen molar-refractivity contribution in [2.45, 2.75) is 5.92 Å². The summed E-state index contributed by atoms with van der Waals surface area (Å²) in [6.45, 7) is 0. The number of hydrogen-bond donors (Lipinski definition) is 3. The molecule has 3 heterocycles. The van der Waals surface area contributed by atoms with Crippen molar-refractivity contribution in [3.05, 3.63) is 77.9 Å². The lowest BCUT2D eigenvalue weighted by Crippen LogP contribution is -2.23. The highest BCUT2D eigenvalue weighted by atomic mass is 19.1. The van der Waals surface area contributed by atoms with Gasteiger partial charge in [0.05, 0.1) is 5.92 Å². The first-order chi connectivity index (χ1) is 13.1. The number of amides is 1. The lowest BCUT2D eigenvalue weighted by atomic mass is 9.86. The van der Waals surface area contributed by atoms with Crippen molar-refractivity contribution in [1.82, 2.24) is 9.97 Å². The number of nitrogens with zero attached hydrogens (tertiary/aromatic N) is 1.